The molecule has 94 valence electrons. The monoisotopic (exact) mass is 255 g/mol. The van der Waals surface area contributed by atoms with E-state index < -0.39 is 12.2 Å². The van der Waals surface area contributed by atoms with Gasteiger partial charge in [-0.1, -0.05) is 18.2 Å². The Labute approximate surface area is 106 Å². The SMILES string of the molecule is OC(CCCl)C(O)c1ccc2c(c1)CNCC2. The van der Waals surface area contributed by atoms with Crippen LogP contribution in [0.5, 0.6) is 0 Å². The second kappa shape index (κ2) is 5.83. The van der Waals surface area contributed by atoms with Crippen molar-refractivity contribution in [3.8, 4) is 0 Å². The summed E-state index contributed by atoms with van der Waals surface area (Å²) in [5.74, 6) is 0.352. The lowest BCUT2D eigenvalue weighted by molar-refractivity contribution is 0.0169. The van der Waals surface area contributed by atoms with Gasteiger partial charge in [-0.15, -0.1) is 11.6 Å². The second-order valence-corrected chi connectivity index (χ2v) is 4.82. The van der Waals surface area contributed by atoms with Crippen LogP contribution in [0.15, 0.2) is 18.2 Å². The van der Waals surface area contributed by atoms with Gasteiger partial charge in [-0.05, 0) is 36.1 Å². The normalized spacial score (nSPS) is 18.5. The van der Waals surface area contributed by atoms with Crippen LogP contribution in [0.3, 0.4) is 0 Å². The van der Waals surface area contributed by atoms with Gasteiger partial charge < -0.3 is 15.5 Å². The van der Waals surface area contributed by atoms with E-state index in [-0.39, 0.29) is 0 Å². The molecule has 1 aromatic carbocycles. The predicted octanol–water partition coefficient (Wildman–Crippen LogP) is 1.36. The average Bonchev–Trinajstić information content (AvgIpc) is 2.37. The summed E-state index contributed by atoms with van der Waals surface area (Å²) >= 11 is 5.56. The molecule has 0 radical (unpaired) electrons. The molecular weight excluding hydrogens is 238 g/mol. The molecule has 0 bridgehead atoms. The Bertz CT molecular complexity index is 384. The quantitative estimate of drug-likeness (QED) is 0.712. The standard InChI is InChI=1S/C13H18ClNO2/c14-5-3-12(16)13(17)10-2-1-9-4-6-15-8-11(9)7-10/h1-2,7,12-13,15-17H,3-6,8H2. The molecule has 17 heavy (non-hydrogen) atoms. The van der Waals surface area contributed by atoms with Gasteiger partial charge in [0, 0.05) is 12.4 Å². The van der Waals surface area contributed by atoms with Crippen LogP contribution in [0.4, 0.5) is 0 Å². The van der Waals surface area contributed by atoms with Crippen molar-refractivity contribution in [1.29, 1.82) is 0 Å². The van der Waals surface area contributed by atoms with E-state index in [9.17, 15) is 10.2 Å². The van der Waals surface area contributed by atoms with E-state index >= 15 is 0 Å². The highest BCUT2D eigenvalue weighted by Gasteiger charge is 2.19. The van der Waals surface area contributed by atoms with Gasteiger partial charge in [0.15, 0.2) is 0 Å². The molecule has 2 rings (SSSR count). The predicted molar refractivity (Wildman–Crippen MR) is 68.2 cm³/mol. The zero-order chi connectivity index (χ0) is 12.3. The first-order valence-electron chi connectivity index (χ1n) is 5.97. The third kappa shape index (κ3) is 2.99. The minimum atomic E-state index is -0.846. The maximum Gasteiger partial charge on any atom is 0.105 e. The fourth-order valence-electron chi connectivity index (χ4n) is 2.18. The van der Waals surface area contributed by atoms with Crippen molar-refractivity contribution in [2.75, 3.05) is 12.4 Å². The highest BCUT2D eigenvalue weighted by atomic mass is 35.5. The first-order valence-corrected chi connectivity index (χ1v) is 6.50. The van der Waals surface area contributed by atoms with Crippen LogP contribution in [-0.2, 0) is 13.0 Å². The van der Waals surface area contributed by atoms with Gasteiger partial charge >= 0.3 is 0 Å². The summed E-state index contributed by atoms with van der Waals surface area (Å²) in [5, 5.41) is 23.0. The molecular formula is C13H18ClNO2. The molecule has 2 atom stereocenters. The van der Waals surface area contributed by atoms with Crippen molar-refractivity contribution in [2.24, 2.45) is 0 Å². The lowest BCUT2D eigenvalue weighted by Gasteiger charge is -2.21. The number of halogens is 1. The highest BCUT2D eigenvalue weighted by Crippen LogP contribution is 2.23. The molecule has 0 saturated heterocycles. The van der Waals surface area contributed by atoms with Crippen LogP contribution < -0.4 is 5.32 Å². The van der Waals surface area contributed by atoms with Gasteiger partial charge in [0.05, 0.1) is 6.10 Å². The number of fused-ring (bicyclic) bond motifs is 1. The van der Waals surface area contributed by atoms with Gasteiger partial charge in [-0.3, -0.25) is 0 Å². The third-order valence-electron chi connectivity index (χ3n) is 3.23. The Balaban J connectivity index is 2.15. The molecule has 2 unspecified atom stereocenters. The van der Waals surface area contributed by atoms with Crippen LogP contribution in [-0.4, -0.2) is 28.7 Å². The molecule has 0 spiro atoms. The minimum absolute atomic E-state index is 0.352. The molecule has 0 aliphatic carbocycles. The molecule has 1 aromatic rings. The number of benzene rings is 1. The molecule has 0 fully saturated rings. The van der Waals surface area contributed by atoms with E-state index in [4.69, 9.17) is 11.6 Å². The third-order valence-corrected chi connectivity index (χ3v) is 3.45. The van der Waals surface area contributed by atoms with Crippen molar-refractivity contribution < 1.29 is 10.2 Å². The van der Waals surface area contributed by atoms with Gasteiger partial charge in [-0.2, -0.15) is 0 Å². The average molecular weight is 256 g/mol. The summed E-state index contributed by atoms with van der Waals surface area (Å²) in [5.41, 5.74) is 3.31. The number of rotatable bonds is 4. The van der Waals surface area contributed by atoms with E-state index in [0.29, 0.717) is 12.3 Å². The topological polar surface area (TPSA) is 52.5 Å². The molecule has 1 aliphatic rings. The lowest BCUT2D eigenvalue weighted by Crippen LogP contribution is -2.24. The second-order valence-electron chi connectivity index (χ2n) is 4.44. The van der Waals surface area contributed by atoms with E-state index in [0.717, 1.165) is 25.1 Å². The van der Waals surface area contributed by atoms with Crippen molar-refractivity contribution in [3.05, 3.63) is 34.9 Å². The number of aliphatic hydroxyl groups is 2. The molecule has 3 N–H and O–H groups in total. The van der Waals surface area contributed by atoms with E-state index in [1.807, 2.05) is 18.2 Å². The van der Waals surface area contributed by atoms with Gasteiger partial charge in [0.1, 0.15) is 6.10 Å². The summed E-state index contributed by atoms with van der Waals surface area (Å²) in [6.07, 6.45) is -0.211. The highest BCUT2D eigenvalue weighted by molar-refractivity contribution is 6.17. The Morgan fingerprint density at radius 2 is 2.12 bits per heavy atom. The van der Waals surface area contributed by atoms with Gasteiger partial charge in [-0.25, -0.2) is 0 Å². The molecule has 4 heteroatoms. The number of nitrogens with one attached hydrogen (secondary N) is 1. The molecule has 1 heterocycles. The number of hydrogen-bond acceptors (Lipinski definition) is 3. The van der Waals surface area contributed by atoms with Gasteiger partial charge in [0.25, 0.3) is 0 Å². The van der Waals surface area contributed by atoms with E-state index in [1.54, 1.807) is 0 Å². The summed E-state index contributed by atoms with van der Waals surface area (Å²) in [4.78, 5) is 0. The van der Waals surface area contributed by atoms with Crippen molar-refractivity contribution >= 4 is 11.6 Å². The fraction of sp³-hybridized carbons (Fsp3) is 0.538. The first-order chi connectivity index (χ1) is 8.22. The van der Waals surface area contributed by atoms with Crippen molar-refractivity contribution in [3.63, 3.8) is 0 Å². The Kier molecular flexibility index (Phi) is 4.40. The largest absolute Gasteiger partial charge is 0.390 e. The Hall–Kier alpha value is -0.610. The zero-order valence-corrected chi connectivity index (χ0v) is 10.5. The number of aliphatic hydroxyl groups excluding tert-OH is 2. The van der Waals surface area contributed by atoms with Crippen molar-refractivity contribution in [2.45, 2.75) is 31.6 Å². The maximum absolute atomic E-state index is 9.99. The molecule has 0 amide bonds. The zero-order valence-electron chi connectivity index (χ0n) is 9.69. The summed E-state index contributed by atoms with van der Waals surface area (Å²) in [7, 11) is 0. The van der Waals surface area contributed by atoms with E-state index in [1.165, 1.54) is 11.1 Å². The lowest BCUT2D eigenvalue weighted by atomic mass is 9.94. The molecule has 1 aliphatic heterocycles. The fourth-order valence-corrected chi connectivity index (χ4v) is 2.40. The molecule has 3 nitrogen and oxygen atoms in total. The smallest absolute Gasteiger partial charge is 0.105 e. The Morgan fingerprint density at radius 3 is 2.88 bits per heavy atom. The summed E-state index contributed by atoms with van der Waals surface area (Å²) in [6, 6.07) is 5.91. The van der Waals surface area contributed by atoms with Crippen LogP contribution in [0, 0.1) is 0 Å². The van der Waals surface area contributed by atoms with E-state index in [2.05, 4.69) is 5.32 Å². The van der Waals surface area contributed by atoms with Crippen LogP contribution in [0.25, 0.3) is 0 Å². The van der Waals surface area contributed by atoms with Crippen LogP contribution >= 0.6 is 11.6 Å². The first kappa shape index (κ1) is 12.8. The van der Waals surface area contributed by atoms with Gasteiger partial charge in [0.2, 0.25) is 0 Å². The minimum Gasteiger partial charge on any atom is -0.390 e. The number of hydrogen-bond donors (Lipinski definition) is 3. The van der Waals surface area contributed by atoms with Crippen LogP contribution in [0.1, 0.15) is 29.2 Å². The van der Waals surface area contributed by atoms with Crippen molar-refractivity contribution in [1.82, 2.24) is 5.32 Å². The Morgan fingerprint density at radius 1 is 1.29 bits per heavy atom. The van der Waals surface area contributed by atoms with Crippen LogP contribution in [0.2, 0.25) is 0 Å². The maximum atomic E-state index is 9.99. The summed E-state index contributed by atoms with van der Waals surface area (Å²) in [6.45, 7) is 1.84. The summed E-state index contributed by atoms with van der Waals surface area (Å²) < 4.78 is 0. The number of alkyl halides is 1. The molecule has 0 aromatic heterocycles. The molecule has 0 saturated carbocycles.